The van der Waals surface area contributed by atoms with Crippen LogP contribution in [0.15, 0.2) is 24.5 Å². The Bertz CT molecular complexity index is 871. The molecule has 1 N–H and O–H groups in total. The summed E-state index contributed by atoms with van der Waals surface area (Å²) in [5, 5.41) is 3.10. The van der Waals surface area contributed by atoms with Crippen LogP contribution >= 0.6 is 0 Å². The van der Waals surface area contributed by atoms with Gasteiger partial charge in [-0.25, -0.2) is 4.98 Å². The SMILES string of the molecule is Cc1cccn2cc(C(=O)N3CCOC(C)(C(=O)NC4CCCC4)C3)nc12. The van der Waals surface area contributed by atoms with Gasteiger partial charge in [-0.2, -0.15) is 0 Å². The van der Waals surface area contributed by atoms with Crippen molar-refractivity contribution in [3.63, 3.8) is 0 Å². The third-order valence-corrected chi connectivity index (χ3v) is 5.63. The topological polar surface area (TPSA) is 75.9 Å². The largest absolute Gasteiger partial charge is 0.362 e. The molecule has 0 radical (unpaired) electrons. The van der Waals surface area contributed by atoms with Gasteiger partial charge in [-0.3, -0.25) is 9.59 Å². The minimum absolute atomic E-state index is 0.127. The molecule has 144 valence electrons. The Morgan fingerprint density at radius 3 is 2.85 bits per heavy atom. The molecule has 1 aliphatic heterocycles. The van der Waals surface area contributed by atoms with Crippen LogP contribution in [0.25, 0.3) is 5.65 Å². The summed E-state index contributed by atoms with van der Waals surface area (Å²) in [6.07, 6.45) is 7.97. The minimum atomic E-state index is -1.02. The third-order valence-electron chi connectivity index (χ3n) is 5.63. The van der Waals surface area contributed by atoms with Crippen molar-refractivity contribution in [2.75, 3.05) is 19.7 Å². The van der Waals surface area contributed by atoms with Crippen molar-refractivity contribution < 1.29 is 14.3 Å². The number of carbonyl (C=O) groups excluding carboxylic acids is 2. The van der Waals surface area contributed by atoms with Gasteiger partial charge in [0.2, 0.25) is 0 Å². The number of aryl methyl sites for hydroxylation is 1. The van der Waals surface area contributed by atoms with Crippen LogP contribution < -0.4 is 5.32 Å². The van der Waals surface area contributed by atoms with Crippen LogP contribution in [0.3, 0.4) is 0 Å². The standard InChI is InChI=1S/C20H26N4O3/c1-14-6-5-9-23-12-16(22-17(14)23)18(25)24-10-11-27-20(2,13-24)19(26)21-15-7-3-4-8-15/h5-6,9,12,15H,3-4,7-8,10-11,13H2,1-2H3,(H,21,26). The Labute approximate surface area is 158 Å². The number of hydrogen-bond acceptors (Lipinski definition) is 4. The van der Waals surface area contributed by atoms with Crippen molar-refractivity contribution in [1.29, 1.82) is 0 Å². The minimum Gasteiger partial charge on any atom is -0.362 e. The predicted octanol–water partition coefficient (Wildman–Crippen LogP) is 1.93. The van der Waals surface area contributed by atoms with E-state index in [4.69, 9.17) is 4.74 Å². The highest BCUT2D eigenvalue weighted by molar-refractivity contribution is 5.94. The Morgan fingerprint density at radius 2 is 2.11 bits per heavy atom. The van der Waals surface area contributed by atoms with Gasteiger partial charge in [0.05, 0.1) is 13.2 Å². The van der Waals surface area contributed by atoms with Gasteiger partial charge in [0.1, 0.15) is 11.3 Å². The summed E-state index contributed by atoms with van der Waals surface area (Å²) in [4.78, 5) is 31.9. The summed E-state index contributed by atoms with van der Waals surface area (Å²) in [5.74, 6) is -0.293. The zero-order chi connectivity index (χ0) is 19.0. The first-order valence-electron chi connectivity index (χ1n) is 9.65. The highest BCUT2D eigenvalue weighted by Gasteiger charge is 2.42. The van der Waals surface area contributed by atoms with Crippen LogP contribution in [0.1, 0.15) is 48.7 Å². The van der Waals surface area contributed by atoms with E-state index in [2.05, 4.69) is 10.3 Å². The molecule has 0 spiro atoms. The average Bonchev–Trinajstić information content (AvgIpc) is 3.31. The van der Waals surface area contributed by atoms with Crippen LogP contribution in [-0.2, 0) is 9.53 Å². The highest BCUT2D eigenvalue weighted by atomic mass is 16.5. The lowest BCUT2D eigenvalue weighted by Crippen LogP contribution is -2.60. The van der Waals surface area contributed by atoms with E-state index in [-0.39, 0.29) is 24.4 Å². The van der Waals surface area contributed by atoms with Gasteiger partial charge >= 0.3 is 0 Å². The van der Waals surface area contributed by atoms with Gasteiger partial charge in [0, 0.05) is 25.0 Å². The number of hydrogen-bond donors (Lipinski definition) is 1. The predicted molar refractivity (Wildman–Crippen MR) is 101 cm³/mol. The van der Waals surface area contributed by atoms with E-state index in [0.29, 0.717) is 18.8 Å². The fraction of sp³-hybridized carbons (Fsp3) is 0.550. The molecule has 1 aliphatic carbocycles. The van der Waals surface area contributed by atoms with Crippen LogP contribution in [0.4, 0.5) is 0 Å². The number of ether oxygens (including phenoxy) is 1. The second-order valence-corrected chi connectivity index (χ2v) is 7.81. The van der Waals surface area contributed by atoms with Crippen molar-refractivity contribution in [2.24, 2.45) is 0 Å². The third kappa shape index (κ3) is 3.43. The van der Waals surface area contributed by atoms with Crippen molar-refractivity contribution in [1.82, 2.24) is 19.6 Å². The molecule has 27 heavy (non-hydrogen) atoms. The molecule has 2 aliphatic rings. The van der Waals surface area contributed by atoms with E-state index >= 15 is 0 Å². The molecule has 2 amide bonds. The normalized spacial score (nSPS) is 23.7. The molecule has 1 saturated carbocycles. The number of imidazole rings is 1. The molecule has 7 nitrogen and oxygen atoms in total. The number of pyridine rings is 1. The summed E-state index contributed by atoms with van der Waals surface area (Å²) in [6, 6.07) is 4.12. The number of carbonyl (C=O) groups is 2. The lowest BCUT2D eigenvalue weighted by molar-refractivity contribution is -0.154. The number of nitrogens with zero attached hydrogens (tertiary/aromatic N) is 3. The quantitative estimate of drug-likeness (QED) is 0.896. The molecule has 0 bridgehead atoms. The second kappa shape index (κ2) is 6.96. The average molecular weight is 370 g/mol. The number of amides is 2. The summed E-state index contributed by atoms with van der Waals surface area (Å²) >= 11 is 0. The second-order valence-electron chi connectivity index (χ2n) is 7.81. The maximum atomic E-state index is 13.0. The van der Waals surface area contributed by atoms with Gasteiger partial charge < -0.3 is 19.4 Å². The maximum absolute atomic E-state index is 13.0. The van der Waals surface area contributed by atoms with Crippen molar-refractivity contribution in [2.45, 2.75) is 51.2 Å². The van der Waals surface area contributed by atoms with E-state index < -0.39 is 5.60 Å². The summed E-state index contributed by atoms with van der Waals surface area (Å²) < 4.78 is 7.66. The molecule has 2 fully saturated rings. The Balaban J connectivity index is 1.50. The van der Waals surface area contributed by atoms with Gasteiger partial charge in [0.15, 0.2) is 5.60 Å². The number of aromatic nitrogens is 2. The van der Waals surface area contributed by atoms with E-state index in [1.807, 2.05) is 29.7 Å². The summed E-state index contributed by atoms with van der Waals surface area (Å²) in [7, 11) is 0. The molecule has 3 heterocycles. The lowest BCUT2D eigenvalue weighted by Gasteiger charge is -2.39. The molecule has 2 aromatic rings. The molecule has 1 atom stereocenters. The van der Waals surface area contributed by atoms with E-state index in [0.717, 1.165) is 36.9 Å². The molecular weight excluding hydrogens is 344 g/mol. The maximum Gasteiger partial charge on any atom is 0.274 e. The molecule has 4 rings (SSSR count). The molecule has 7 heteroatoms. The smallest absolute Gasteiger partial charge is 0.274 e. The number of nitrogens with one attached hydrogen (secondary N) is 1. The molecule has 1 unspecified atom stereocenters. The first-order valence-corrected chi connectivity index (χ1v) is 9.65. The Hall–Kier alpha value is -2.41. The van der Waals surface area contributed by atoms with Gasteiger partial charge in [0.25, 0.3) is 11.8 Å². The van der Waals surface area contributed by atoms with Crippen LogP contribution in [0, 0.1) is 6.92 Å². The fourth-order valence-electron chi connectivity index (χ4n) is 4.01. The zero-order valence-corrected chi connectivity index (χ0v) is 15.9. The lowest BCUT2D eigenvalue weighted by atomic mass is 10.0. The van der Waals surface area contributed by atoms with Gasteiger partial charge in [-0.15, -0.1) is 0 Å². The molecule has 0 aromatic carbocycles. The van der Waals surface area contributed by atoms with Crippen LogP contribution in [0.5, 0.6) is 0 Å². The Morgan fingerprint density at radius 1 is 1.33 bits per heavy atom. The summed E-state index contributed by atoms with van der Waals surface area (Å²) in [6.45, 7) is 4.77. The Kier molecular flexibility index (Phi) is 4.63. The van der Waals surface area contributed by atoms with Crippen molar-refractivity contribution in [3.8, 4) is 0 Å². The van der Waals surface area contributed by atoms with E-state index in [9.17, 15) is 9.59 Å². The number of morpholine rings is 1. The zero-order valence-electron chi connectivity index (χ0n) is 15.9. The van der Waals surface area contributed by atoms with Crippen LogP contribution in [0.2, 0.25) is 0 Å². The van der Waals surface area contributed by atoms with Crippen molar-refractivity contribution in [3.05, 3.63) is 35.8 Å². The van der Waals surface area contributed by atoms with Crippen LogP contribution in [-0.4, -0.2) is 57.4 Å². The first-order chi connectivity index (χ1) is 13.0. The van der Waals surface area contributed by atoms with E-state index in [1.54, 1.807) is 18.0 Å². The molecular formula is C20H26N4O3. The van der Waals surface area contributed by atoms with Gasteiger partial charge in [-0.1, -0.05) is 18.9 Å². The number of rotatable bonds is 3. The monoisotopic (exact) mass is 370 g/mol. The molecule has 2 aromatic heterocycles. The van der Waals surface area contributed by atoms with E-state index in [1.165, 1.54) is 0 Å². The molecule has 1 saturated heterocycles. The fourth-order valence-corrected chi connectivity index (χ4v) is 4.01. The summed E-state index contributed by atoms with van der Waals surface area (Å²) in [5.41, 5.74) is 1.16. The van der Waals surface area contributed by atoms with Gasteiger partial charge in [-0.05, 0) is 38.3 Å². The highest BCUT2D eigenvalue weighted by Crippen LogP contribution is 2.23. The first kappa shape index (κ1) is 18.0. The van der Waals surface area contributed by atoms with Crippen molar-refractivity contribution >= 4 is 17.5 Å². The number of fused-ring (bicyclic) bond motifs is 1.